The van der Waals surface area contributed by atoms with Crippen molar-refractivity contribution in [3.8, 4) is 0 Å². The van der Waals surface area contributed by atoms with Gasteiger partial charge >= 0.3 is 0 Å². The largest absolute Gasteiger partial charge is 0.354 e. The average molecular weight is 299 g/mol. The van der Waals surface area contributed by atoms with E-state index in [9.17, 15) is 4.79 Å². The molecule has 0 bridgehead atoms. The standard InChI is InChI=1S/C12H19ClN6O/c1-2-6-14-11-17-10(13)18-12(19-11)15-7-5-9(20)16-8-3-4-8/h8H,2-7H2,1H3,(H,16,20)(H2,14,15,17,18,19). The molecule has 3 N–H and O–H groups in total. The number of carbonyl (C=O) groups excluding carboxylic acids is 1. The maximum absolute atomic E-state index is 11.5. The van der Waals surface area contributed by atoms with Crippen molar-refractivity contribution in [3.63, 3.8) is 0 Å². The summed E-state index contributed by atoms with van der Waals surface area (Å²) in [4.78, 5) is 23.6. The number of amides is 1. The molecule has 8 heteroatoms. The van der Waals surface area contributed by atoms with E-state index >= 15 is 0 Å². The van der Waals surface area contributed by atoms with Crippen LogP contribution in [0.1, 0.15) is 32.6 Å². The summed E-state index contributed by atoms with van der Waals surface area (Å²) < 4.78 is 0. The van der Waals surface area contributed by atoms with Gasteiger partial charge in [0.25, 0.3) is 0 Å². The van der Waals surface area contributed by atoms with Crippen LogP contribution in [0.3, 0.4) is 0 Å². The van der Waals surface area contributed by atoms with Crippen molar-refractivity contribution in [2.24, 2.45) is 0 Å². The molecule has 20 heavy (non-hydrogen) atoms. The van der Waals surface area contributed by atoms with Crippen LogP contribution in [0.25, 0.3) is 0 Å². The topological polar surface area (TPSA) is 91.8 Å². The van der Waals surface area contributed by atoms with Gasteiger partial charge in [-0.1, -0.05) is 6.92 Å². The number of rotatable bonds is 8. The van der Waals surface area contributed by atoms with Crippen LogP contribution in [0.2, 0.25) is 5.28 Å². The Morgan fingerprint density at radius 1 is 1.20 bits per heavy atom. The van der Waals surface area contributed by atoms with E-state index in [1.165, 1.54) is 0 Å². The van der Waals surface area contributed by atoms with Gasteiger partial charge in [-0.25, -0.2) is 0 Å². The second-order valence-electron chi connectivity index (χ2n) is 4.70. The molecule has 2 rings (SSSR count). The molecule has 0 aliphatic heterocycles. The van der Waals surface area contributed by atoms with Crippen LogP contribution in [0, 0.1) is 0 Å². The van der Waals surface area contributed by atoms with Crippen molar-refractivity contribution in [1.82, 2.24) is 20.3 Å². The maximum atomic E-state index is 11.5. The molecule has 1 heterocycles. The first-order valence-corrected chi connectivity index (χ1v) is 7.24. The lowest BCUT2D eigenvalue weighted by Gasteiger charge is -2.08. The SMILES string of the molecule is CCCNc1nc(Cl)nc(NCCC(=O)NC2CC2)n1. The number of halogens is 1. The van der Waals surface area contributed by atoms with Crippen LogP contribution in [0.5, 0.6) is 0 Å². The second-order valence-corrected chi connectivity index (χ2v) is 5.04. The van der Waals surface area contributed by atoms with Crippen LogP contribution in [0.15, 0.2) is 0 Å². The van der Waals surface area contributed by atoms with Crippen molar-refractivity contribution in [2.45, 2.75) is 38.6 Å². The number of hydrogen-bond donors (Lipinski definition) is 3. The number of carbonyl (C=O) groups is 1. The highest BCUT2D eigenvalue weighted by molar-refractivity contribution is 6.28. The Morgan fingerprint density at radius 3 is 2.45 bits per heavy atom. The molecule has 1 aromatic rings. The van der Waals surface area contributed by atoms with Gasteiger partial charge in [0.1, 0.15) is 0 Å². The molecule has 1 saturated carbocycles. The van der Waals surface area contributed by atoms with Gasteiger partial charge in [0.2, 0.25) is 23.1 Å². The van der Waals surface area contributed by atoms with Crippen molar-refractivity contribution in [1.29, 1.82) is 0 Å². The van der Waals surface area contributed by atoms with E-state index in [1.807, 2.05) is 6.92 Å². The third kappa shape index (κ3) is 5.16. The molecule has 0 unspecified atom stereocenters. The first kappa shape index (κ1) is 14.8. The van der Waals surface area contributed by atoms with Crippen LogP contribution >= 0.6 is 11.6 Å². The fourth-order valence-electron chi connectivity index (χ4n) is 1.56. The minimum Gasteiger partial charge on any atom is -0.354 e. The molecule has 1 amide bonds. The zero-order chi connectivity index (χ0) is 14.4. The van der Waals surface area contributed by atoms with Gasteiger partial charge in [-0.2, -0.15) is 15.0 Å². The molecule has 0 radical (unpaired) electrons. The average Bonchev–Trinajstić information content (AvgIpc) is 3.19. The van der Waals surface area contributed by atoms with Gasteiger partial charge in [-0.05, 0) is 30.9 Å². The molecule has 1 aliphatic carbocycles. The number of nitrogens with zero attached hydrogens (tertiary/aromatic N) is 3. The quantitative estimate of drug-likeness (QED) is 0.672. The van der Waals surface area contributed by atoms with E-state index in [1.54, 1.807) is 0 Å². The van der Waals surface area contributed by atoms with Crippen molar-refractivity contribution < 1.29 is 4.79 Å². The summed E-state index contributed by atoms with van der Waals surface area (Å²) in [7, 11) is 0. The zero-order valence-corrected chi connectivity index (χ0v) is 12.2. The molecular weight excluding hydrogens is 280 g/mol. The van der Waals surface area contributed by atoms with Crippen LogP contribution in [-0.2, 0) is 4.79 Å². The van der Waals surface area contributed by atoms with Gasteiger partial charge in [0.05, 0.1) is 0 Å². The van der Waals surface area contributed by atoms with Gasteiger partial charge in [0.15, 0.2) is 0 Å². The number of nitrogens with one attached hydrogen (secondary N) is 3. The Morgan fingerprint density at radius 2 is 1.85 bits per heavy atom. The molecule has 110 valence electrons. The zero-order valence-electron chi connectivity index (χ0n) is 11.4. The fraction of sp³-hybridized carbons (Fsp3) is 0.667. The Kier molecular flexibility index (Phi) is 5.34. The van der Waals surface area contributed by atoms with E-state index in [4.69, 9.17) is 11.6 Å². The molecule has 7 nitrogen and oxygen atoms in total. The third-order valence-electron chi connectivity index (χ3n) is 2.72. The molecule has 1 fully saturated rings. The maximum Gasteiger partial charge on any atom is 0.228 e. The van der Waals surface area contributed by atoms with Crippen LogP contribution in [-0.4, -0.2) is 40.0 Å². The van der Waals surface area contributed by atoms with Gasteiger partial charge in [-0.15, -0.1) is 0 Å². The highest BCUT2D eigenvalue weighted by atomic mass is 35.5. The second kappa shape index (κ2) is 7.23. The Bertz CT molecular complexity index is 465. The summed E-state index contributed by atoms with van der Waals surface area (Å²) in [5, 5.41) is 9.07. The van der Waals surface area contributed by atoms with Gasteiger partial charge in [0, 0.05) is 25.6 Å². The first-order valence-electron chi connectivity index (χ1n) is 6.86. The minimum atomic E-state index is 0.0458. The molecule has 0 spiro atoms. The van der Waals surface area contributed by atoms with E-state index in [0.717, 1.165) is 25.8 Å². The summed E-state index contributed by atoms with van der Waals surface area (Å²) in [6.45, 7) is 3.28. The van der Waals surface area contributed by atoms with E-state index in [0.29, 0.717) is 30.9 Å². The Hall–Kier alpha value is -1.63. The van der Waals surface area contributed by atoms with E-state index < -0.39 is 0 Å². The summed E-state index contributed by atoms with van der Waals surface area (Å²) in [5.74, 6) is 0.865. The summed E-state index contributed by atoms with van der Waals surface area (Å²) in [6, 6.07) is 0.388. The summed E-state index contributed by atoms with van der Waals surface area (Å²) >= 11 is 5.83. The lowest BCUT2D eigenvalue weighted by molar-refractivity contribution is -0.120. The normalized spacial score (nSPS) is 13.9. The highest BCUT2D eigenvalue weighted by Gasteiger charge is 2.22. The summed E-state index contributed by atoms with van der Waals surface area (Å²) in [5.41, 5.74) is 0. The van der Waals surface area contributed by atoms with Crippen LogP contribution in [0.4, 0.5) is 11.9 Å². The summed E-state index contributed by atoms with van der Waals surface area (Å²) in [6.07, 6.45) is 3.54. The smallest absolute Gasteiger partial charge is 0.228 e. The number of aromatic nitrogens is 3. The van der Waals surface area contributed by atoms with Gasteiger partial charge in [-0.3, -0.25) is 4.79 Å². The Balaban J connectivity index is 1.78. The third-order valence-corrected chi connectivity index (χ3v) is 2.89. The van der Waals surface area contributed by atoms with Crippen molar-refractivity contribution >= 4 is 29.4 Å². The van der Waals surface area contributed by atoms with E-state index in [2.05, 4.69) is 30.9 Å². The molecule has 0 atom stereocenters. The highest BCUT2D eigenvalue weighted by Crippen LogP contribution is 2.18. The molecular formula is C12H19ClN6O. The predicted octanol–water partition coefficient (Wildman–Crippen LogP) is 1.43. The van der Waals surface area contributed by atoms with Crippen molar-refractivity contribution in [2.75, 3.05) is 23.7 Å². The molecule has 1 aliphatic rings. The monoisotopic (exact) mass is 298 g/mol. The Labute approximate surface area is 122 Å². The first-order chi connectivity index (χ1) is 9.67. The molecule has 0 saturated heterocycles. The number of anilines is 2. The van der Waals surface area contributed by atoms with Crippen LogP contribution < -0.4 is 16.0 Å². The number of hydrogen-bond acceptors (Lipinski definition) is 6. The molecule has 0 aromatic carbocycles. The van der Waals surface area contributed by atoms with E-state index in [-0.39, 0.29) is 11.2 Å². The lowest BCUT2D eigenvalue weighted by Crippen LogP contribution is -2.27. The van der Waals surface area contributed by atoms with Crippen molar-refractivity contribution in [3.05, 3.63) is 5.28 Å². The lowest BCUT2D eigenvalue weighted by atomic mass is 10.4. The predicted molar refractivity (Wildman–Crippen MR) is 77.9 cm³/mol. The molecule has 1 aromatic heterocycles. The minimum absolute atomic E-state index is 0.0458. The fourth-order valence-corrected chi connectivity index (χ4v) is 1.72. The van der Waals surface area contributed by atoms with Gasteiger partial charge < -0.3 is 16.0 Å².